The number of benzene rings is 1. The third-order valence-corrected chi connectivity index (χ3v) is 4.10. The molecule has 0 aliphatic heterocycles. The standard InChI is InChI=1S/C20H16N4O3/c25-17-13-19(27-18-4-2-1-3-15(17)18)20(26)22-10-12-24-11-7-16(23-24)14-5-8-21-9-6-14/h1-9,11,13H,10,12H2,(H,22,26). The summed E-state index contributed by atoms with van der Waals surface area (Å²) in [6.07, 6.45) is 5.27. The lowest BCUT2D eigenvalue weighted by Gasteiger charge is -2.06. The van der Waals surface area contributed by atoms with Gasteiger partial charge in [0.25, 0.3) is 5.91 Å². The van der Waals surface area contributed by atoms with Crippen molar-refractivity contribution in [2.45, 2.75) is 6.54 Å². The van der Waals surface area contributed by atoms with Crippen LogP contribution in [0.15, 0.2) is 76.3 Å². The van der Waals surface area contributed by atoms with Crippen molar-refractivity contribution in [2.75, 3.05) is 6.54 Å². The van der Waals surface area contributed by atoms with Crippen molar-refractivity contribution < 1.29 is 9.21 Å². The van der Waals surface area contributed by atoms with E-state index in [0.717, 1.165) is 11.3 Å². The van der Waals surface area contributed by atoms with E-state index in [-0.39, 0.29) is 11.2 Å². The summed E-state index contributed by atoms with van der Waals surface area (Å²) in [4.78, 5) is 28.3. The monoisotopic (exact) mass is 360 g/mol. The number of nitrogens with one attached hydrogen (secondary N) is 1. The molecule has 0 saturated heterocycles. The summed E-state index contributed by atoms with van der Waals surface area (Å²) in [6.45, 7) is 0.849. The molecule has 0 fully saturated rings. The summed E-state index contributed by atoms with van der Waals surface area (Å²) in [7, 11) is 0. The second kappa shape index (κ2) is 7.25. The molecule has 1 N–H and O–H groups in total. The number of fused-ring (bicyclic) bond motifs is 1. The molecule has 4 aromatic rings. The van der Waals surface area contributed by atoms with Crippen LogP contribution in [0.4, 0.5) is 0 Å². The van der Waals surface area contributed by atoms with Gasteiger partial charge >= 0.3 is 0 Å². The van der Waals surface area contributed by atoms with E-state index in [9.17, 15) is 9.59 Å². The third kappa shape index (κ3) is 3.62. The normalized spacial score (nSPS) is 10.8. The van der Waals surface area contributed by atoms with E-state index in [4.69, 9.17) is 4.42 Å². The molecule has 7 nitrogen and oxygen atoms in total. The number of carbonyl (C=O) groups is 1. The molecule has 0 aliphatic carbocycles. The van der Waals surface area contributed by atoms with Crippen LogP contribution >= 0.6 is 0 Å². The molecule has 3 aromatic heterocycles. The topological polar surface area (TPSA) is 90.0 Å². The number of hydrogen-bond donors (Lipinski definition) is 1. The lowest BCUT2D eigenvalue weighted by atomic mass is 10.2. The smallest absolute Gasteiger partial charge is 0.287 e. The van der Waals surface area contributed by atoms with E-state index < -0.39 is 5.91 Å². The minimum absolute atomic E-state index is 0.00311. The van der Waals surface area contributed by atoms with E-state index in [1.54, 1.807) is 41.3 Å². The maximum Gasteiger partial charge on any atom is 0.287 e. The highest BCUT2D eigenvalue weighted by atomic mass is 16.3. The molecular formula is C20H16N4O3. The van der Waals surface area contributed by atoms with Crippen LogP contribution < -0.4 is 10.7 Å². The zero-order chi connectivity index (χ0) is 18.6. The first-order valence-corrected chi connectivity index (χ1v) is 8.46. The number of carbonyl (C=O) groups excluding carboxylic acids is 1. The van der Waals surface area contributed by atoms with Crippen molar-refractivity contribution >= 4 is 16.9 Å². The average Bonchev–Trinajstić information content (AvgIpc) is 3.17. The maximum atomic E-state index is 12.3. The van der Waals surface area contributed by atoms with Gasteiger partial charge in [-0.05, 0) is 30.3 Å². The molecule has 1 amide bonds. The van der Waals surface area contributed by atoms with Crippen LogP contribution in [0.2, 0.25) is 0 Å². The van der Waals surface area contributed by atoms with Crippen LogP contribution in [0, 0.1) is 0 Å². The SMILES string of the molecule is O=C(NCCn1ccc(-c2ccncc2)n1)c1cc(=O)c2ccccc2o1. The molecule has 27 heavy (non-hydrogen) atoms. The zero-order valence-electron chi connectivity index (χ0n) is 14.3. The van der Waals surface area contributed by atoms with Gasteiger partial charge in [0.2, 0.25) is 0 Å². The van der Waals surface area contributed by atoms with E-state index in [1.165, 1.54) is 6.07 Å². The van der Waals surface area contributed by atoms with Crippen LogP contribution in [-0.2, 0) is 6.54 Å². The Kier molecular flexibility index (Phi) is 4.49. The summed E-state index contributed by atoms with van der Waals surface area (Å²) in [6, 6.07) is 13.7. The van der Waals surface area contributed by atoms with Gasteiger partial charge in [-0.15, -0.1) is 0 Å². The molecular weight excluding hydrogens is 344 g/mol. The van der Waals surface area contributed by atoms with E-state index >= 15 is 0 Å². The lowest BCUT2D eigenvalue weighted by Crippen LogP contribution is -2.28. The number of nitrogens with zero attached hydrogens (tertiary/aromatic N) is 3. The van der Waals surface area contributed by atoms with Gasteiger partial charge in [0, 0.05) is 36.8 Å². The van der Waals surface area contributed by atoms with Gasteiger partial charge in [0.05, 0.1) is 17.6 Å². The summed E-state index contributed by atoms with van der Waals surface area (Å²) in [5, 5.41) is 7.67. The predicted octanol–water partition coefficient (Wildman–Crippen LogP) is 2.48. The second-order valence-corrected chi connectivity index (χ2v) is 5.93. The lowest BCUT2D eigenvalue weighted by molar-refractivity contribution is 0.0925. The molecule has 7 heteroatoms. The Morgan fingerprint density at radius 1 is 1.11 bits per heavy atom. The Balaban J connectivity index is 1.40. The fourth-order valence-corrected chi connectivity index (χ4v) is 2.75. The molecule has 1 aromatic carbocycles. The van der Waals surface area contributed by atoms with Crippen molar-refractivity contribution in [3.05, 3.63) is 83.1 Å². The van der Waals surface area contributed by atoms with Gasteiger partial charge < -0.3 is 9.73 Å². The largest absolute Gasteiger partial charge is 0.451 e. The first kappa shape index (κ1) is 16.7. The van der Waals surface area contributed by atoms with Crippen molar-refractivity contribution in [1.29, 1.82) is 0 Å². The molecule has 0 radical (unpaired) electrons. The van der Waals surface area contributed by atoms with Crippen LogP contribution in [0.5, 0.6) is 0 Å². The predicted molar refractivity (Wildman–Crippen MR) is 100 cm³/mol. The van der Waals surface area contributed by atoms with Gasteiger partial charge in [-0.3, -0.25) is 19.3 Å². The van der Waals surface area contributed by atoms with Gasteiger partial charge in [0.1, 0.15) is 5.58 Å². The quantitative estimate of drug-likeness (QED) is 0.590. The fourth-order valence-electron chi connectivity index (χ4n) is 2.75. The number of pyridine rings is 1. The Hall–Kier alpha value is -3.74. The van der Waals surface area contributed by atoms with Crippen molar-refractivity contribution in [1.82, 2.24) is 20.1 Å². The Labute approximate surface area is 154 Å². The van der Waals surface area contributed by atoms with E-state index in [1.807, 2.05) is 24.4 Å². The molecule has 0 unspecified atom stereocenters. The van der Waals surface area contributed by atoms with Crippen molar-refractivity contribution in [3.63, 3.8) is 0 Å². The van der Waals surface area contributed by atoms with Crippen molar-refractivity contribution in [3.8, 4) is 11.3 Å². The van der Waals surface area contributed by atoms with Gasteiger partial charge in [-0.25, -0.2) is 0 Å². The van der Waals surface area contributed by atoms with Gasteiger partial charge in [-0.1, -0.05) is 12.1 Å². The van der Waals surface area contributed by atoms with E-state index in [2.05, 4.69) is 15.4 Å². The van der Waals surface area contributed by atoms with Crippen LogP contribution in [0.25, 0.3) is 22.2 Å². The number of rotatable bonds is 5. The first-order chi connectivity index (χ1) is 13.2. The van der Waals surface area contributed by atoms with Crippen LogP contribution in [0.1, 0.15) is 10.6 Å². The van der Waals surface area contributed by atoms with E-state index in [0.29, 0.717) is 24.1 Å². The Morgan fingerprint density at radius 2 is 1.93 bits per heavy atom. The second-order valence-electron chi connectivity index (χ2n) is 5.93. The third-order valence-electron chi connectivity index (χ3n) is 4.10. The highest BCUT2D eigenvalue weighted by molar-refractivity contribution is 5.93. The van der Waals surface area contributed by atoms with Gasteiger partial charge in [-0.2, -0.15) is 5.10 Å². The molecule has 0 atom stereocenters. The number of para-hydroxylation sites is 1. The number of hydrogen-bond acceptors (Lipinski definition) is 5. The minimum Gasteiger partial charge on any atom is -0.451 e. The molecule has 0 spiro atoms. The minimum atomic E-state index is -0.431. The maximum absolute atomic E-state index is 12.3. The number of amides is 1. The zero-order valence-corrected chi connectivity index (χ0v) is 14.3. The first-order valence-electron chi connectivity index (χ1n) is 8.46. The van der Waals surface area contributed by atoms with Crippen LogP contribution in [-0.4, -0.2) is 27.2 Å². The molecule has 0 saturated carbocycles. The molecule has 3 heterocycles. The molecule has 134 valence electrons. The molecule has 0 bridgehead atoms. The highest BCUT2D eigenvalue weighted by Gasteiger charge is 2.11. The molecule has 4 rings (SSSR count). The molecule has 0 aliphatic rings. The number of aromatic nitrogens is 3. The Morgan fingerprint density at radius 3 is 2.78 bits per heavy atom. The van der Waals surface area contributed by atoms with Crippen LogP contribution in [0.3, 0.4) is 0 Å². The Bertz CT molecular complexity index is 1150. The van der Waals surface area contributed by atoms with Crippen molar-refractivity contribution in [2.24, 2.45) is 0 Å². The summed E-state index contributed by atoms with van der Waals surface area (Å²) < 4.78 is 7.27. The fraction of sp³-hybridized carbons (Fsp3) is 0.100. The average molecular weight is 360 g/mol. The van der Waals surface area contributed by atoms with Gasteiger partial charge in [0.15, 0.2) is 11.2 Å². The summed E-state index contributed by atoms with van der Waals surface area (Å²) in [5.41, 5.74) is 1.97. The summed E-state index contributed by atoms with van der Waals surface area (Å²) >= 11 is 0. The highest BCUT2D eigenvalue weighted by Crippen LogP contribution is 2.15. The summed E-state index contributed by atoms with van der Waals surface area (Å²) in [5.74, 6) is -0.434.